The number of aromatic nitrogens is 1. The first-order chi connectivity index (χ1) is 18.6. The average Bonchev–Trinajstić information content (AvgIpc) is 3.32. The maximum atomic E-state index is 6.85. The number of benzene rings is 4. The Labute approximate surface area is 222 Å². The molecule has 38 heavy (non-hydrogen) atoms. The van der Waals surface area contributed by atoms with Crippen LogP contribution < -0.4 is 14.2 Å². The van der Waals surface area contributed by atoms with Crippen LogP contribution in [0.15, 0.2) is 114 Å². The fourth-order valence-electron chi connectivity index (χ4n) is 5.59. The second kappa shape index (κ2) is 8.63. The lowest BCUT2D eigenvalue weighted by Gasteiger charge is -2.29. The minimum atomic E-state index is 0.692. The monoisotopic (exact) mass is 495 g/mol. The van der Waals surface area contributed by atoms with E-state index in [1.807, 2.05) is 30.3 Å². The minimum Gasteiger partial charge on any atom is -0.449 e. The van der Waals surface area contributed by atoms with E-state index in [0.717, 1.165) is 61.8 Å². The van der Waals surface area contributed by atoms with Gasteiger partial charge in [0.2, 0.25) is 11.6 Å². The van der Waals surface area contributed by atoms with Crippen molar-refractivity contribution in [2.75, 3.05) is 4.90 Å². The Morgan fingerprint density at radius 1 is 0.711 bits per heavy atom. The molecule has 0 unspecified atom stereocenters. The summed E-state index contributed by atoms with van der Waals surface area (Å²) in [6.45, 7) is 4.27. The molecule has 0 saturated heterocycles. The van der Waals surface area contributed by atoms with E-state index in [4.69, 9.17) is 9.15 Å². The van der Waals surface area contributed by atoms with Gasteiger partial charge in [0.15, 0.2) is 23.3 Å². The summed E-state index contributed by atoms with van der Waals surface area (Å²) in [5.74, 6) is 2.25. The van der Waals surface area contributed by atoms with E-state index in [1.54, 1.807) is 0 Å². The standard InChI is InChI=1S/C34H27N2O2/c1-22-20-23(2)31-32(30(22)28-17-9-10-19-35(28)3)38-34-33(31)37-29-18-8-7-16-27(29)36(34)26-15-11-14-25(21-26)24-12-5-4-6-13-24/h4-21H,1-3H3/q+1. The van der Waals surface area contributed by atoms with Gasteiger partial charge < -0.3 is 9.15 Å². The minimum absolute atomic E-state index is 0.692. The number of rotatable bonds is 3. The van der Waals surface area contributed by atoms with Gasteiger partial charge in [-0.25, -0.2) is 4.57 Å². The SMILES string of the molecule is Cc1cc(C)c2c3c(oc2c1-c1cccc[n+]1C)N(c1cccc(-c2ccccc2)c1)c1ccccc1O3. The maximum Gasteiger partial charge on any atom is 0.249 e. The quantitative estimate of drug-likeness (QED) is 0.229. The van der Waals surface area contributed by atoms with E-state index in [0.29, 0.717) is 5.88 Å². The van der Waals surface area contributed by atoms with Crippen molar-refractivity contribution in [2.45, 2.75) is 13.8 Å². The van der Waals surface area contributed by atoms with E-state index in [-0.39, 0.29) is 0 Å². The molecule has 4 nitrogen and oxygen atoms in total. The molecule has 1 aliphatic heterocycles. The highest BCUT2D eigenvalue weighted by atomic mass is 16.5. The summed E-state index contributed by atoms with van der Waals surface area (Å²) in [4.78, 5) is 2.18. The van der Waals surface area contributed by atoms with Crippen LogP contribution in [0.5, 0.6) is 11.5 Å². The van der Waals surface area contributed by atoms with Gasteiger partial charge in [-0.1, -0.05) is 60.7 Å². The van der Waals surface area contributed by atoms with Crippen LogP contribution in [0.1, 0.15) is 11.1 Å². The number of fused-ring (bicyclic) bond motifs is 4. The van der Waals surface area contributed by atoms with Crippen LogP contribution in [0.4, 0.5) is 17.3 Å². The molecule has 0 fully saturated rings. The summed E-state index contributed by atoms with van der Waals surface area (Å²) in [7, 11) is 2.07. The molecular weight excluding hydrogens is 468 g/mol. The second-order valence-corrected chi connectivity index (χ2v) is 9.84. The first-order valence-corrected chi connectivity index (χ1v) is 12.8. The smallest absolute Gasteiger partial charge is 0.249 e. The molecule has 3 heterocycles. The van der Waals surface area contributed by atoms with E-state index >= 15 is 0 Å². The molecule has 184 valence electrons. The van der Waals surface area contributed by atoms with Gasteiger partial charge >= 0.3 is 0 Å². The Morgan fingerprint density at radius 2 is 1.47 bits per heavy atom. The van der Waals surface area contributed by atoms with Gasteiger partial charge in [0.25, 0.3) is 0 Å². The van der Waals surface area contributed by atoms with Gasteiger partial charge in [-0.05, 0) is 66.4 Å². The summed E-state index contributed by atoms with van der Waals surface area (Å²) in [5, 5.41) is 1.00. The van der Waals surface area contributed by atoms with Crippen molar-refractivity contribution in [3.63, 3.8) is 0 Å². The molecule has 6 aromatic rings. The van der Waals surface area contributed by atoms with Crippen molar-refractivity contribution in [3.05, 3.63) is 120 Å². The lowest BCUT2D eigenvalue weighted by atomic mass is 9.98. The lowest BCUT2D eigenvalue weighted by molar-refractivity contribution is -0.660. The molecule has 1 aliphatic rings. The number of para-hydroxylation sites is 2. The number of anilines is 3. The largest absolute Gasteiger partial charge is 0.449 e. The molecule has 0 N–H and O–H groups in total. The van der Waals surface area contributed by atoms with Crippen LogP contribution in [0.3, 0.4) is 0 Å². The zero-order valence-electron chi connectivity index (χ0n) is 21.6. The van der Waals surface area contributed by atoms with E-state index < -0.39 is 0 Å². The van der Waals surface area contributed by atoms with Crippen molar-refractivity contribution in [1.82, 2.24) is 0 Å². The van der Waals surface area contributed by atoms with Crippen molar-refractivity contribution in [2.24, 2.45) is 7.05 Å². The van der Waals surface area contributed by atoms with Gasteiger partial charge in [0.1, 0.15) is 7.05 Å². The predicted octanol–water partition coefficient (Wildman–Crippen LogP) is 8.78. The first kappa shape index (κ1) is 22.4. The highest BCUT2D eigenvalue weighted by Gasteiger charge is 2.34. The summed E-state index contributed by atoms with van der Waals surface area (Å²) in [6.07, 6.45) is 2.07. The van der Waals surface area contributed by atoms with Crippen LogP contribution in [0.2, 0.25) is 0 Å². The van der Waals surface area contributed by atoms with Crippen LogP contribution >= 0.6 is 0 Å². The maximum absolute atomic E-state index is 6.85. The number of ether oxygens (including phenoxy) is 1. The van der Waals surface area contributed by atoms with Crippen molar-refractivity contribution in [1.29, 1.82) is 0 Å². The topological polar surface area (TPSA) is 29.5 Å². The van der Waals surface area contributed by atoms with E-state index in [1.165, 1.54) is 5.56 Å². The predicted molar refractivity (Wildman–Crippen MR) is 152 cm³/mol. The molecular formula is C34H27N2O2+. The number of nitrogens with zero attached hydrogens (tertiary/aromatic N) is 2. The number of hydrogen-bond donors (Lipinski definition) is 0. The molecule has 0 spiro atoms. The second-order valence-electron chi connectivity index (χ2n) is 9.84. The summed E-state index contributed by atoms with van der Waals surface area (Å²) in [5.41, 5.74) is 9.59. The Hall–Kier alpha value is -4.83. The molecule has 0 aliphatic carbocycles. The number of hydrogen-bond acceptors (Lipinski definition) is 3. The van der Waals surface area contributed by atoms with Crippen LogP contribution in [-0.4, -0.2) is 0 Å². The zero-order valence-corrected chi connectivity index (χ0v) is 21.6. The molecule has 0 amide bonds. The van der Waals surface area contributed by atoms with Gasteiger partial charge in [0.05, 0.1) is 16.6 Å². The summed E-state index contributed by atoms with van der Waals surface area (Å²) < 4.78 is 15.6. The molecule has 0 bridgehead atoms. The van der Waals surface area contributed by atoms with Gasteiger partial charge in [-0.3, -0.25) is 4.90 Å². The highest BCUT2D eigenvalue weighted by Crippen LogP contribution is 2.56. The number of pyridine rings is 1. The fourth-order valence-corrected chi connectivity index (χ4v) is 5.59. The average molecular weight is 496 g/mol. The highest BCUT2D eigenvalue weighted by molar-refractivity contribution is 6.04. The Bertz CT molecular complexity index is 1840. The van der Waals surface area contributed by atoms with Crippen LogP contribution in [0, 0.1) is 13.8 Å². The fraction of sp³-hybridized carbons (Fsp3) is 0.0882. The third-order valence-electron chi connectivity index (χ3n) is 7.34. The number of aryl methyl sites for hydroxylation is 3. The molecule has 4 heteroatoms. The van der Waals surface area contributed by atoms with Gasteiger partial charge in [-0.2, -0.15) is 0 Å². The van der Waals surface area contributed by atoms with E-state index in [2.05, 4.69) is 109 Å². The van der Waals surface area contributed by atoms with Crippen molar-refractivity contribution in [3.8, 4) is 33.9 Å². The third-order valence-corrected chi connectivity index (χ3v) is 7.34. The normalized spacial score (nSPS) is 12.2. The lowest BCUT2D eigenvalue weighted by Crippen LogP contribution is -2.30. The van der Waals surface area contributed by atoms with Crippen molar-refractivity contribution >= 4 is 28.2 Å². The molecule has 7 rings (SSSR count). The molecule has 0 radical (unpaired) electrons. The van der Waals surface area contributed by atoms with Gasteiger partial charge in [-0.15, -0.1) is 0 Å². The van der Waals surface area contributed by atoms with Crippen molar-refractivity contribution < 1.29 is 13.7 Å². The Balaban J connectivity index is 1.51. The zero-order chi connectivity index (χ0) is 25.8. The molecule has 0 atom stereocenters. The van der Waals surface area contributed by atoms with Gasteiger partial charge in [0, 0.05) is 17.8 Å². The van der Waals surface area contributed by atoms with E-state index in [9.17, 15) is 0 Å². The first-order valence-electron chi connectivity index (χ1n) is 12.8. The Morgan fingerprint density at radius 3 is 2.32 bits per heavy atom. The third kappa shape index (κ3) is 3.41. The Kier molecular flexibility index (Phi) is 5.08. The number of furan rings is 1. The summed E-state index contributed by atoms with van der Waals surface area (Å²) >= 11 is 0. The molecule has 4 aromatic carbocycles. The summed E-state index contributed by atoms with van der Waals surface area (Å²) in [6, 6.07) is 35.7. The molecule has 0 saturated carbocycles. The van der Waals surface area contributed by atoms with Crippen LogP contribution in [0.25, 0.3) is 33.4 Å². The molecule has 2 aromatic heterocycles. The van der Waals surface area contributed by atoms with Crippen LogP contribution in [-0.2, 0) is 7.05 Å².